The van der Waals surface area contributed by atoms with E-state index in [4.69, 9.17) is 0 Å². The van der Waals surface area contributed by atoms with Crippen LogP contribution in [0.5, 0.6) is 0 Å². The van der Waals surface area contributed by atoms with Crippen molar-refractivity contribution in [3.8, 4) is 0 Å². The van der Waals surface area contributed by atoms with Gasteiger partial charge < -0.3 is 9.47 Å². The quantitative estimate of drug-likeness (QED) is 0.659. The van der Waals surface area contributed by atoms with E-state index in [9.17, 15) is 4.79 Å². The van der Waals surface area contributed by atoms with Crippen molar-refractivity contribution in [1.29, 1.82) is 0 Å². The van der Waals surface area contributed by atoms with Crippen LogP contribution in [-0.2, 0) is 14.3 Å². The van der Waals surface area contributed by atoms with E-state index in [2.05, 4.69) is 21.2 Å². The van der Waals surface area contributed by atoms with Gasteiger partial charge in [-0.25, -0.2) is 0 Å². The number of esters is 1. The van der Waals surface area contributed by atoms with E-state index in [0.29, 0.717) is 13.0 Å². The fraction of sp³-hybridized carbons (Fsp3) is 0.889. The molecule has 0 aliphatic carbocycles. The smallest absolute Gasteiger partial charge is 0.307 e. The normalized spacial score (nSPS) is 14.6. The van der Waals surface area contributed by atoms with Crippen LogP contribution < -0.4 is 0 Å². The van der Waals surface area contributed by atoms with E-state index in [1.807, 2.05) is 0 Å². The molecule has 0 N–H and O–H groups in total. The number of hydrogen-bond acceptors (Lipinski definition) is 4. The first kappa shape index (κ1) is 12.8. The van der Waals surface area contributed by atoms with Crippen molar-refractivity contribution < 1.29 is 14.3 Å². The number of hydrogen-bond donors (Lipinski definition) is 0. The van der Waals surface area contributed by atoms with E-state index in [0.717, 1.165) is 0 Å². The maximum Gasteiger partial charge on any atom is 0.307 e. The molecule has 0 spiro atoms. The Labute approximate surface area is 84.2 Å². The molecule has 0 saturated carbocycles. The van der Waals surface area contributed by atoms with Crippen molar-refractivity contribution in [3.05, 3.63) is 0 Å². The van der Waals surface area contributed by atoms with Crippen LogP contribution in [0.15, 0.2) is 0 Å². The minimum Gasteiger partial charge on any atom is -0.469 e. The molecule has 1 fully saturated rings. The highest BCUT2D eigenvalue weighted by molar-refractivity contribution is 7.99. The third-order valence-electron chi connectivity index (χ3n) is 1.57. The zero-order chi connectivity index (χ0) is 9.94. The molecule has 4 heteroatoms. The molecule has 0 aromatic heterocycles. The summed E-state index contributed by atoms with van der Waals surface area (Å²) in [4.78, 5) is 10.3. The lowest BCUT2D eigenvalue weighted by atomic mass is 10.4. The highest BCUT2D eigenvalue weighted by Crippen LogP contribution is 2.14. The SMILES string of the molecule is C1CCSC1.COCCC(=O)OC. The van der Waals surface area contributed by atoms with Gasteiger partial charge in [-0.15, -0.1) is 0 Å². The van der Waals surface area contributed by atoms with Gasteiger partial charge in [-0.2, -0.15) is 11.8 Å². The van der Waals surface area contributed by atoms with Gasteiger partial charge >= 0.3 is 5.97 Å². The van der Waals surface area contributed by atoms with E-state index in [-0.39, 0.29) is 5.97 Å². The Morgan fingerprint density at radius 3 is 2.23 bits per heavy atom. The average Bonchev–Trinajstić information content (AvgIpc) is 2.72. The summed E-state index contributed by atoms with van der Waals surface area (Å²) in [6.45, 7) is 0.437. The maximum absolute atomic E-state index is 10.3. The molecule has 0 amide bonds. The minimum absolute atomic E-state index is 0.230. The molecule has 1 saturated heterocycles. The second-order valence-corrected chi connectivity index (χ2v) is 3.86. The van der Waals surface area contributed by atoms with Crippen LogP contribution in [0.25, 0.3) is 0 Å². The van der Waals surface area contributed by atoms with Gasteiger partial charge in [0.25, 0.3) is 0 Å². The van der Waals surface area contributed by atoms with Crippen molar-refractivity contribution in [1.82, 2.24) is 0 Å². The minimum atomic E-state index is -0.230. The van der Waals surface area contributed by atoms with Gasteiger partial charge in [-0.1, -0.05) is 0 Å². The molecule has 1 aliphatic heterocycles. The molecule has 1 rings (SSSR count). The number of ether oxygens (including phenoxy) is 2. The fourth-order valence-corrected chi connectivity index (χ4v) is 1.82. The van der Waals surface area contributed by atoms with Gasteiger partial charge in [0.15, 0.2) is 0 Å². The molecule has 0 aromatic carbocycles. The maximum atomic E-state index is 10.3. The summed E-state index contributed by atoms with van der Waals surface area (Å²) in [6.07, 6.45) is 3.27. The molecular weight excluding hydrogens is 188 g/mol. The van der Waals surface area contributed by atoms with Crippen LogP contribution in [0.1, 0.15) is 19.3 Å². The fourth-order valence-electron chi connectivity index (χ4n) is 0.798. The van der Waals surface area contributed by atoms with Gasteiger partial charge in [0, 0.05) is 7.11 Å². The molecule has 1 heterocycles. The monoisotopic (exact) mass is 206 g/mol. The lowest BCUT2D eigenvalue weighted by Crippen LogP contribution is -2.03. The van der Waals surface area contributed by atoms with Crippen LogP contribution in [-0.4, -0.2) is 38.3 Å². The van der Waals surface area contributed by atoms with Crippen LogP contribution in [0, 0.1) is 0 Å². The molecule has 0 bridgehead atoms. The predicted octanol–water partition coefficient (Wildman–Crippen LogP) is 1.71. The number of carbonyl (C=O) groups excluding carboxylic acids is 1. The molecule has 1 aliphatic rings. The first-order chi connectivity index (χ1) is 6.31. The molecule has 3 nitrogen and oxygen atoms in total. The van der Waals surface area contributed by atoms with Crippen molar-refractivity contribution in [3.63, 3.8) is 0 Å². The van der Waals surface area contributed by atoms with Crippen LogP contribution in [0.3, 0.4) is 0 Å². The number of carbonyl (C=O) groups is 1. The average molecular weight is 206 g/mol. The van der Waals surface area contributed by atoms with E-state index >= 15 is 0 Å². The summed E-state index contributed by atoms with van der Waals surface area (Å²) in [7, 11) is 2.90. The Kier molecular flexibility index (Phi) is 9.70. The Morgan fingerprint density at radius 2 is 1.92 bits per heavy atom. The predicted molar refractivity (Wildman–Crippen MR) is 55.1 cm³/mol. The zero-order valence-corrected chi connectivity index (χ0v) is 9.19. The molecule has 0 unspecified atom stereocenters. The second-order valence-electron chi connectivity index (χ2n) is 2.64. The lowest BCUT2D eigenvalue weighted by Gasteiger charge is -1.94. The summed E-state index contributed by atoms with van der Waals surface area (Å²) < 4.78 is 8.95. The highest BCUT2D eigenvalue weighted by Gasteiger charge is 1.96. The Morgan fingerprint density at radius 1 is 1.31 bits per heavy atom. The van der Waals surface area contributed by atoms with Gasteiger partial charge in [0.2, 0.25) is 0 Å². The number of methoxy groups -OCH3 is 2. The molecular formula is C9H18O3S. The van der Waals surface area contributed by atoms with Crippen LogP contribution >= 0.6 is 11.8 Å². The number of rotatable bonds is 3. The van der Waals surface area contributed by atoms with Gasteiger partial charge in [-0.05, 0) is 24.3 Å². The largest absolute Gasteiger partial charge is 0.469 e. The lowest BCUT2D eigenvalue weighted by molar-refractivity contribution is -0.141. The zero-order valence-electron chi connectivity index (χ0n) is 8.38. The molecule has 13 heavy (non-hydrogen) atoms. The Hall–Kier alpha value is -0.220. The molecule has 0 aromatic rings. The third kappa shape index (κ3) is 9.70. The van der Waals surface area contributed by atoms with E-state index in [1.54, 1.807) is 7.11 Å². The summed E-state index contributed by atoms with van der Waals surface area (Å²) in [5, 5.41) is 0. The second kappa shape index (κ2) is 9.86. The van der Waals surface area contributed by atoms with Crippen molar-refractivity contribution in [2.45, 2.75) is 19.3 Å². The summed E-state index contributed by atoms with van der Waals surface area (Å²) in [5.41, 5.74) is 0. The molecule has 0 radical (unpaired) electrons. The molecule has 0 atom stereocenters. The van der Waals surface area contributed by atoms with E-state index in [1.165, 1.54) is 31.5 Å². The van der Waals surface area contributed by atoms with E-state index < -0.39 is 0 Å². The highest BCUT2D eigenvalue weighted by atomic mass is 32.2. The summed E-state index contributed by atoms with van der Waals surface area (Å²) in [5.74, 6) is 2.60. The van der Waals surface area contributed by atoms with Crippen molar-refractivity contribution in [2.24, 2.45) is 0 Å². The number of thioether (sulfide) groups is 1. The van der Waals surface area contributed by atoms with Gasteiger partial charge in [0.1, 0.15) is 0 Å². The Balaban J connectivity index is 0.000000243. The van der Waals surface area contributed by atoms with Gasteiger partial charge in [-0.3, -0.25) is 4.79 Å². The Bertz CT molecular complexity index is 116. The standard InChI is InChI=1S/C5H10O3.C4H8S/c1-7-4-3-5(6)8-2;1-2-4-5-3-1/h3-4H2,1-2H3;1-4H2. The first-order valence-electron chi connectivity index (χ1n) is 4.44. The van der Waals surface area contributed by atoms with Crippen molar-refractivity contribution >= 4 is 17.7 Å². The van der Waals surface area contributed by atoms with Crippen LogP contribution in [0.2, 0.25) is 0 Å². The first-order valence-corrected chi connectivity index (χ1v) is 5.60. The van der Waals surface area contributed by atoms with Gasteiger partial charge in [0.05, 0.1) is 20.1 Å². The van der Waals surface area contributed by atoms with Crippen LogP contribution in [0.4, 0.5) is 0 Å². The summed E-state index contributed by atoms with van der Waals surface area (Å²) >= 11 is 2.07. The van der Waals surface area contributed by atoms with Crippen molar-refractivity contribution in [2.75, 3.05) is 32.3 Å². The third-order valence-corrected chi connectivity index (χ3v) is 2.72. The summed E-state index contributed by atoms with van der Waals surface area (Å²) in [6, 6.07) is 0. The topological polar surface area (TPSA) is 35.5 Å². The molecule has 78 valence electrons.